The van der Waals surface area contributed by atoms with Crippen LogP contribution in [0.3, 0.4) is 0 Å². The third-order valence-electron chi connectivity index (χ3n) is 4.21. The predicted molar refractivity (Wildman–Crippen MR) is 97.6 cm³/mol. The summed E-state index contributed by atoms with van der Waals surface area (Å²) in [7, 11) is 1.63. The van der Waals surface area contributed by atoms with Crippen LogP contribution in [0.25, 0.3) is 5.69 Å². The molecule has 2 N–H and O–H groups in total. The largest absolute Gasteiger partial charge is 0.497 e. The van der Waals surface area contributed by atoms with Crippen molar-refractivity contribution in [1.82, 2.24) is 24.9 Å². The zero-order chi connectivity index (χ0) is 18.6. The van der Waals surface area contributed by atoms with E-state index in [2.05, 4.69) is 20.3 Å². The molecule has 0 spiro atoms. The highest BCUT2D eigenvalue weighted by Gasteiger charge is 2.24. The topological polar surface area (TPSA) is 114 Å². The van der Waals surface area contributed by atoms with Crippen molar-refractivity contribution < 1.29 is 14.0 Å². The Labute approximate surface area is 160 Å². The van der Waals surface area contributed by atoms with E-state index in [-0.39, 0.29) is 12.6 Å². The molecule has 1 aromatic carbocycles. The summed E-state index contributed by atoms with van der Waals surface area (Å²) in [4.78, 5) is 4.44. The van der Waals surface area contributed by atoms with E-state index in [9.17, 15) is 0 Å². The van der Waals surface area contributed by atoms with Gasteiger partial charge in [-0.3, -0.25) is 4.57 Å². The smallest absolute Gasteiger partial charge is 0.255 e. The second kappa shape index (κ2) is 8.07. The summed E-state index contributed by atoms with van der Waals surface area (Å²) in [5, 5.41) is 13.2. The van der Waals surface area contributed by atoms with Gasteiger partial charge >= 0.3 is 0 Å². The molecule has 4 rings (SSSR count). The molecule has 1 unspecified atom stereocenters. The third kappa shape index (κ3) is 3.82. The molecule has 0 amide bonds. The molecular weight excluding hydrogens is 368 g/mol. The lowest BCUT2D eigenvalue weighted by molar-refractivity contribution is 0.0835. The average molecular weight is 388 g/mol. The molecule has 9 nitrogen and oxygen atoms in total. The van der Waals surface area contributed by atoms with Gasteiger partial charge in [-0.05, 0) is 25.0 Å². The normalized spacial score (nSPS) is 16.7. The van der Waals surface area contributed by atoms with Gasteiger partial charge in [-0.25, -0.2) is 0 Å². The molecule has 3 heterocycles. The number of ether oxygens (including phenoxy) is 2. The van der Waals surface area contributed by atoms with Crippen LogP contribution in [-0.2, 0) is 17.0 Å². The fourth-order valence-corrected chi connectivity index (χ4v) is 3.71. The highest BCUT2D eigenvalue weighted by atomic mass is 32.2. The van der Waals surface area contributed by atoms with Crippen LogP contribution in [-0.4, -0.2) is 38.6 Å². The summed E-state index contributed by atoms with van der Waals surface area (Å²) in [6, 6.07) is 7.67. The number of nitrogens with two attached hydrogens (primary N) is 1. The van der Waals surface area contributed by atoms with Crippen molar-refractivity contribution in [2.75, 3.05) is 13.7 Å². The first-order valence-corrected chi connectivity index (χ1v) is 9.62. The molecule has 0 saturated carbocycles. The molecule has 142 valence electrons. The lowest BCUT2D eigenvalue weighted by Crippen LogP contribution is -2.08. The SMILES string of the molecule is COc1cccc(-n2c(CN)nnc2SCc2noc(C3CCCO3)n2)c1. The van der Waals surface area contributed by atoms with E-state index in [1.807, 2.05) is 28.8 Å². The Balaban J connectivity index is 1.53. The van der Waals surface area contributed by atoms with Crippen molar-refractivity contribution in [2.24, 2.45) is 5.73 Å². The van der Waals surface area contributed by atoms with Crippen LogP contribution in [0.2, 0.25) is 0 Å². The lowest BCUT2D eigenvalue weighted by atomic mass is 10.2. The van der Waals surface area contributed by atoms with Crippen molar-refractivity contribution in [3.63, 3.8) is 0 Å². The Hall–Kier alpha value is -2.43. The second-order valence-corrected chi connectivity index (χ2v) is 6.92. The average Bonchev–Trinajstić information content (AvgIpc) is 3.46. The minimum Gasteiger partial charge on any atom is -0.497 e. The fraction of sp³-hybridized carbons (Fsp3) is 0.412. The van der Waals surface area contributed by atoms with Crippen molar-refractivity contribution in [1.29, 1.82) is 0 Å². The van der Waals surface area contributed by atoms with Crippen molar-refractivity contribution in [2.45, 2.75) is 36.4 Å². The number of hydrogen-bond acceptors (Lipinski definition) is 9. The number of aromatic nitrogens is 5. The van der Waals surface area contributed by atoms with Crippen molar-refractivity contribution in [3.05, 3.63) is 41.8 Å². The highest BCUT2D eigenvalue weighted by Crippen LogP contribution is 2.29. The van der Waals surface area contributed by atoms with Gasteiger partial charge in [0.05, 0.1) is 25.1 Å². The van der Waals surface area contributed by atoms with Gasteiger partial charge in [0.2, 0.25) is 0 Å². The second-order valence-electron chi connectivity index (χ2n) is 5.98. The summed E-state index contributed by atoms with van der Waals surface area (Å²) in [5.41, 5.74) is 6.72. The maximum Gasteiger partial charge on any atom is 0.255 e. The summed E-state index contributed by atoms with van der Waals surface area (Å²) in [6.07, 6.45) is 1.85. The van der Waals surface area contributed by atoms with Crippen molar-refractivity contribution in [3.8, 4) is 11.4 Å². The number of hydrogen-bond donors (Lipinski definition) is 1. The van der Waals surface area contributed by atoms with Gasteiger partial charge in [-0.15, -0.1) is 10.2 Å². The molecule has 0 aliphatic carbocycles. The van der Waals surface area contributed by atoms with Gasteiger partial charge in [0, 0.05) is 12.7 Å². The fourth-order valence-electron chi connectivity index (χ4n) is 2.89. The standard InChI is InChI=1S/C17H20N6O3S/c1-24-12-5-2-4-11(8-12)23-15(9-18)20-21-17(23)27-10-14-19-16(26-22-14)13-6-3-7-25-13/h2,4-5,8,13H,3,6-7,9-10,18H2,1H3. The molecule has 0 radical (unpaired) electrons. The minimum absolute atomic E-state index is 0.0828. The molecular formula is C17H20N6O3S. The van der Waals surface area contributed by atoms with Crippen LogP contribution in [0.15, 0.2) is 33.9 Å². The molecule has 3 aromatic rings. The Kier molecular flexibility index (Phi) is 5.37. The first kappa shape index (κ1) is 18.0. The zero-order valence-electron chi connectivity index (χ0n) is 14.9. The van der Waals surface area contributed by atoms with Crippen LogP contribution in [0.1, 0.15) is 36.5 Å². The molecule has 27 heavy (non-hydrogen) atoms. The van der Waals surface area contributed by atoms with Crippen LogP contribution in [0, 0.1) is 0 Å². The van der Waals surface area contributed by atoms with E-state index >= 15 is 0 Å². The van der Waals surface area contributed by atoms with Gasteiger partial charge in [0.1, 0.15) is 11.9 Å². The molecule has 10 heteroatoms. The number of benzene rings is 1. The van der Waals surface area contributed by atoms with E-state index in [1.165, 1.54) is 11.8 Å². The molecule has 0 bridgehead atoms. The third-order valence-corrected chi connectivity index (χ3v) is 5.14. The summed E-state index contributed by atoms with van der Waals surface area (Å²) in [5.74, 6) is 3.06. The first-order valence-electron chi connectivity index (χ1n) is 8.64. The Morgan fingerprint density at radius 1 is 1.37 bits per heavy atom. The molecule has 1 aliphatic heterocycles. The van der Waals surface area contributed by atoms with E-state index in [0.29, 0.717) is 28.4 Å². The van der Waals surface area contributed by atoms with Crippen LogP contribution in [0.4, 0.5) is 0 Å². The van der Waals surface area contributed by atoms with Gasteiger partial charge in [0.15, 0.2) is 16.8 Å². The van der Waals surface area contributed by atoms with Crippen LogP contribution in [0.5, 0.6) is 5.75 Å². The summed E-state index contributed by atoms with van der Waals surface area (Å²) in [6.45, 7) is 1.01. The number of nitrogens with zero attached hydrogens (tertiary/aromatic N) is 5. The van der Waals surface area contributed by atoms with Gasteiger partial charge in [-0.2, -0.15) is 4.98 Å². The maximum atomic E-state index is 5.83. The minimum atomic E-state index is -0.0828. The molecule has 1 fully saturated rings. The molecule has 1 atom stereocenters. The predicted octanol–water partition coefficient (Wildman–Crippen LogP) is 2.26. The van der Waals surface area contributed by atoms with E-state index in [1.54, 1.807) is 7.11 Å². The highest BCUT2D eigenvalue weighted by molar-refractivity contribution is 7.98. The van der Waals surface area contributed by atoms with Crippen LogP contribution >= 0.6 is 11.8 Å². The van der Waals surface area contributed by atoms with Crippen molar-refractivity contribution >= 4 is 11.8 Å². The van der Waals surface area contributed by atoms with Gasteiger partial charge in [0.25, 0.3) is 5.89 Å². The molecule has 1 aliphatic rings. The van der Waals surface area contributed by atoms with Gasteiger partial charge < -0.3 is 19.7 Å². The molecule has 2 aromatic heterocycles. The number of thioether (sulfide) groups is 1. The zero-order valence-corrected chi connectivity index (χ0v) is 15.7. The number of methoxy groups -OCH3 is 1. The quantitative estimate of drug-likeness (QED) is 0.609. The summed E-state index contributed by atoms with van der Waals surface area (Å²) >= 11 is 1.47. The monoisotopic (exact) mass is 388 g/mol. The van der Waals surface area contributed by atoms with Crippen LogP contribution < -0.4 is 10.5 Å². The van der Waals surface area contributed by atoms with E-state index < -0.39 is 0 Å². The Bertz CT molecular complexity index is 906. The molecule has 1 saturated heterocycles. The summed E-state index contributed by atoms with van der Waals surface area (Å²) < 4.78 is 18.1. The first-order chi connectivity index (χ1) is 13.3. The van der Waals surface area contributed by atoms with Gasteiger partial charge in [-0.1, -0.05) is 23.0 Å². The van der Waals surface area contributed by atoms with E-state index in [0.717, 1.165) is 30.9 Å². The van der Waals surface area contributed by atoms with E-state index in [4.69, 9.17) is 19.7 Å². The Morgan fingerprint density at radius 2 is 2.30 bits per heavy atom. The number of rotatable bonds is 7. The maximum absolute atomic E-state index is 5.83. The Morgan fingerprint density at radius 3 is 3.07 bits per heavy atom. The lowest BCUT2D eigenvalue weighted by Gasteiger charge is -2.10.